The maximum atomic E-state index is 12.3. The van der Waals surface area contributed by atoms with Gasteiger partial charge in [-0.05, 0) is 41.8 Å². The third-order valence-corrected chi connectivity index (χ3v) is 4.23. The summed E-state index contributed by atoms with van der Waals surface area (Å²) in [6, 6.07) is 12.0. The highest BCUT2D eigenvalue weighted by molar-refractivity contribution is 5.76. The molecule has 9 heteroatoms. The third kappa shape index (κ3) is 9.17. The molecule has 2 rings (SSSR count). The summed E-state index contributed by atoms with van der Waals surface area (Å²) >= 11 is 0. The lowest BCUT2D eigenvalue weighted by molar-refractivity contribution is -0.153. The molecule has 6 nitrogen and oxygen atoms in total. The van der Waals surface area contributed by atoms with E-state index < -0.39 is 12.8 Å². The Labute approximate surface area is 179 Å². The summed E-state index contributed by atoms with van der Waals surface area (Å²) in [7, 11) is 2.95. The van der Waals surface area contributed by atoms with Crippen LogP contribution in [0.4, 0.5) is 13.2 Å². The molecule has 0 aliphatic rings. The standard InChI is InChI=1S/C22H26F3NO5/c1-28-11-12-30-18-7-3-17(4-8-18)14-26-21(27)10-6-16-5-9-19(20(13-16)29-2)31-15-22(23,24)25/h3-5,7-9,13H,6,10-12,14-15H2,1-2H3,(H,26,27). The van der Waals surface area contributed by atoms with Crippen molar-refractivity contribution in [1.82, 2.24) is 5.32 Å². The molecular weight excluding hydrogens is 415 g/mol. The minimum absolute atomic E-state index is 0.00248. The van der Waals surface area contributed by atoms with Crippen LogP contribution in [-0.2, 0) is 22.5 Å². The number of rotatable bonds is 12. The number of hydrogen-bond donors (Lipinski definition) is 1. The van der Waals surface area contributed by atoms with Crippen LogP contribution in [0.3, 0.4) is 0 Å². The summed E-state index contributed by atoms with van der Waals surface area (Å²) in [6.45, 7) is -0.0457. The van der Waals surface area contributed by atoms with E-state index in [0.29, 0.717) is 26.2 Å². The van der Waals surface area contributed by atoms with Crippen molar-refractivity contribution in [1.29, 1.82) is 0 Å². The van der Waals surface area contributed by atoms with Gasteiger partial charge in [0, 0.05) is 20.1 Å². The van der Waals surface area contributed by atoms with Gasteiger partial charge < -0.3 is 24.3 Å². The minimum Gasteiger partial charge on any atom is -0.493 e. The quantitative estimate of drug-likeness (QED) is 0.506. The van der Waals surface area contributed by atoms with Crippen LogP contribution >= 0.6 is 0 Å². The van der Waals surface area contributed by atoms with E-state index in [0.717, 1.165) is 16.9 Å². The fourth-order valence-corrected chi connectivity index (χ4v) is 2.64. The molecule has 0 aliphatic heterocycles. The van der Waals surface area contributed by atoms with Gasteiger partial charge in [-0.3, -0.25) is 4.79 Å². The van der Waals surface area contributed by atoms with Crippen LogP contribution in [0.5, 0.6) is 17.2 Å². The molecule has 0 aromatic heterocycles. The first-order valence-electron chi connectivity index (χ1n) is 9.64. The lowest BCUT2D eigenvalue weighted by atomic mass is 10.1. The Balaban J connectivity index is 1.79. The molecule has 0 bridgehead atoms. The molecule has 1 N–H and O–H groups in total. The van der Waals surface area contributed by atoms with Crippen molar-refractivity contribution in [3.05, 3.63) is 53.6 Å². The van der Waals surface area contributed by atoms with Gasteiger partial charge in [-0.25, -0.2) is 0 Å². The van der Waals surface area contributed by atoms with Crippen molar-refractivity contribution in [2.75, 3.05) is 34.0 Å². The van der Waals surface area contributed by atoms with E-state index in [1.165, 1.54) is 13.2 Å². The average molecular weight is 441 g/mol. The number of methoxy groups -OCH3 is 2. The highest BCUT2D eigenvalue weighted by Gasteiger charge is 2.29. The molecule has 170 valence electrons. The second-order valence-electron chi connectivity index (χ2n) is 6.65. The van der Waals surface area contributed by atoms with Gasteiger partial charge in [0.1, 0.15) is 12.4 Å². The Bertz CT molecular complexity index is 825. The first kappa shape index (κ1) is 24.3. The number of alkyl halides is 3. The summed E-state index contributed by atoms with van der Waals surface area (Å²) in [5.74, 6) is 0.776. The van der Waals surface area contributed by atoms with Crippen LogP contribution in [-0.4, -0.2) is 46.1 Å². The summed E-state index contributed by atoms with van der Waals surface area (Å²) in [5, 5.41) is 2.84. The number of aryl methyl sites for hydroxylation is 1. The Morgan fingerprint density at radius 2 is 1.65 bits per heavy atom. The predicted octanol–water partition coefficient (Wildman–Crippen LogP) is 3.91. The van der Waals surface area contributed by atoms with Crippen molar-refractivity contribution in [3.63, 3.8) is 0 Å². The van der Waals surface area contributed by atoms with Gasteiger partial charge in [0.15, 0.2) is 18.1 Å². The zero-order valence-electron chi connectivity index (χ0n) is 17.5. The number of carbonyl (C=O) groups excluding carboxylic acids is 1. The van der Waals surface area contributed by atoms with E-state index in [4.69, 9.17) is 18.9 Å². The van der Waals surface area contributed by atoms with Crippen LogP contribution in [0.2, 0.25) is 0 Å². The molecular formula is C22H26F3NO5. The molecule has 0 unspecified atom stereocenters. The normalized spacial score (nSPS) is 11.1. The summed E-state index contributed by atoms with van der Waals surface area (Å²) in [4.78, 5) is 12.1. The summed E-state index contributed by atoms with van der Waals surface area (Å²) in [5.41, 5.74) is 1.68. The average Bonchev–Trinajstić information content (AvgIpc) is 2.75. The number of ether oxygens (including phenoxy) is 4. The SMILES string of the molecule is COCCOc1ccc(CNC(=O)CCc2ccc(OCC(F)(F)F)c(OC)c2)cc1. The molecule has 0 fully saturated rings. The fraction of sp³-hybridized carbons (Fsp3) is 0.409. The number of halogens is 3. The largest absolute Gasteiger partial charge is 0.493 e. The molecule has 0 aliphatic carbocycles. The van der Waals surface area contributed by atoms with Gasteiger partial charge in [-0.1, -0.05) is 18.2 Å². The van der Waals surface area contributed by atoms with Gasteiger partial charge in [0.25, 0.3) is 0 Å². The van der Waals surface area contributed by atoms with E-state index in [2.05, 4.69) is 5.32 Å². The molecule has 31 heavy (non-hydrogen) atoms. The minimum atomic E-state index is -4.43. The molecule has 0 heterocycles. The van der Waals surface area contributed by atoms with E-state index in [1.54, 1.807) is 19.2 Å². The number of benzene rings is 2. The first-order valence-corrected chi connectivity index (χ1v) is 9.64. The van der Waals surface area contributed by atoms with Crippen molar-refractivity contribution >= 4 is 5.91 Å². The Hall–Kier alpha value is -2.94. The molecule has 0 saturated carbocycles. The van der Waals surface area contributed by atoms with Gasteiger partial charge >= 0.3 is 6.18 Å². The zero-order valence-corrected chi connectivity index (χ0v) is 17.5. The molecule has 2 aromatic rings. The topological polar surface area (TPSA) is 66.0 Å². The van der Waals surface area contributed by atoms with Crippen LogP contribution < -0.4 is 19.5 Å². The zero-order chi connectivity index (χ0) is 22.7. The highest BCUT2D eigenvalue weighted by atomic mass is 19.4. The molecule has 0 spiro atoms. The number of amides is 1. The summed E-state index contributed by atoms with van der Waals surface area (Å²) < 4.78 is 57.2. The maximum Gasteiger partial charge on any atom is 0.422 e. The fourth-order valence-electron chi connectivity index (χ4n) is 2.64. The summed E-state index contributed by atoms with van der Waals surface area (Å²) in [6.07, 6.45) is -3.79. The number of carbonyl (C=O) groups is 1. The highest BCUT2D eigenvalue weighted by Crippen LogP contribution is 2.30. The second-order valence-corrected chi connectivity index (χ2v) is 6.65. The van der Waals surface area contributed by atoms with Crippen LogP contribution in [0, 0.1) is 0 Å². The van der Waals surface area contributed by atoms with E-state index in [9.17, 15) is 18.0 Å². The molecule has 1 amide bonds. The molecule has 0 atom stereocenters. The third-order valence-electron chi connectivity index (χ3n) is 4.23. The van der Waals surface area contributed by atoms with E-state index in [1.807, 2.05) is 24.3 Å². The second kappa shape index (κ2) is 12.0. The molecule has 0 saturated heterocycles. The van der Waals surface area contributed by atoms with Crippen LogP contribution in [0.1, 0.15) is 17.5 Å². The Morgan fingerprint density at radius 1 is 0.935 bits per heavy atom. The van der Waals surface area contributed by atoms with Gasteiger partial charge in [0.2, 0.25) is 5.91 Å². The van der Waals surface area contributed by atoms with E-state index >= 15 is 0 Å². The van der Waals surface area contributed by atoms with Crippen molar-refractivity contribution in [2.24, 2.45) is 0 Å². The van der Waals surface area contributed by atoms with Crippen LogP contribution in [0.15, 0.2) is 42.5 Å². The monoisotopic (exact) mass is 441 g/mol. The Morgan fingerprint density at radius 3 is 2.29 bits per heavy atom. The lowest BCUT2D eigenvalue weighted by Crippen LogP contribution is -2.23. The number of nitrogens with one attached hydrogen (secondary N) is 1. The molecule has 2 aromatic carbocycles. The van der Waals surface area contributed by atoms with Crippen molar-refractivity contribution in [3.8, 4) is 17.2 Å². The van der Waals surface area contributed by atoms with Gasteiger partial charge in [0.05, 0.1) is 13.7 Å². The van der Waals surface area contributed by atoms with Crippen molar-refractivity contribution < 1.29 is 36.9 Å². The van der Waals surface area contributed by atoms with Gasteiger partial charge in [-0.15, -0.1) is 0 Å². The smallest absolute Gasteiger partial charge is 0.422 e. The van der Waals surface area contributed by atoms with Crippen LogP contribution in [0.25, 0.3) is 0 Å². The Kier molecular flexibility index (Phi) is 9.45. The van der Waals surface area contributed by atoms with E-state index in [-0.39, 0.29) is 23.8 Å². The van der Waals surface area contributed by atoms with Crippen molar-refractivity contribution in [2.45, 2.75) is 25.6 Å². The predicted molar refractivity (Wildman–Crippen MR) is 109 cm³/mol. The number of hydrogen-bond acceptors (Lipinski definition) is 5. The first-order chi connectivity index (χ1) is 14.8. The lowest BCUT2D eigenvalue weighted by Gasteiger charge is -2.13. The maximum absolute atomic E-state index is 12.3. The van der Waals surface area contributed by atoms with Gasteiger partial charge in [-0.2, -0.15) is 13.2 Å². The molecule has 0 radical (unpaired) electrons.